The zero-order chi connectivity index (χ0) is 15.7. The van der Waals surface area contributed by atoms with Gasteiger partial charge in [-0.15, -0.1) is 0 Å². The Hall–Kier alpha value is -1.39. The normalized spacial score (nSPS) is 13.0. The Kier molecular flexibility index (Phi) is 7.40. The summed E-state index contributed by atoms with van der Waals surface area (Å²) < 4.78 is 0. The molecule has 0 heterocycles. The number of nitrogens with two attached hydrogens (primary N) is 1. The van der Waals surface area contributed by atoms with E-state index in [0.29, 0.717) is 13.0 Å². The molecule has 1 aromatic carbocycles. The van der Waals surface area contributed by atoms with Gasteiger partial charge in [0.05, 0.1) is 6.04 Å². The Morgan fingerprint density at radius 3 is 2.62 bits per heavy atom. The van der Waals surface area contributed by atoms with Crippen LogP contribution in [0.1, 0.15) is 38.7 Å². The van der Waals surface area contributed by atoms with Crippen molar-refractivity contribution in [2.75, 3.05) is 13.2 Å². The summed E-state index contributed by atoms with van der Waals surface area (Å²) in [4.78, 5) is 12.0. The zero-order valence-corrected chi connectivity index (χ0v) is 13.1. The van der Waals surface area contributed by atoms with E-state index in [-0.39, 0.29) is 17.9 Å². The van der Waals surface area contributed by atoms with Gasteiger partial charge in [0.1, 0.15) is 0 Å². The van der Waals surface area contributed by atoms with Gasteiger partial charge >= 0.3 is 0 Å². The van der Waals surface area contributed by atoms with Crippen LogP contribution >= 0.6 is 0 Å². The van der Waals surface area contributed by atoms with E-state index < -0.39 is 6.04 Å². The second-order valence-electron chi connectivity index (χ2n) is 6.34. The maximum Gasteiger partial charge on any atom is 0.236 e. The Labute approximate surface area is 127 Å². The molecular formula is C17H28N2O2. The maximum atomic E-state index is 12.0. The van der Waals surface area contributed by atoms with Crippen molar-refractivity contribution in [3.05, 3.63) is 35.9 Å². The molecule has 0 saturated carbocycles. The van der Waals surface area contributed by atoms with Gasteiger partial charge in [0.2, 0.25) is 5.91 Å². The lowest BCUT2D eigenvalue weighted by atomic mass is 9.88. The third-order valence-corrected chi connectivity index (χ3v) is 3.68. The lowest BCUT2D eigenvalue weighted by Gasteiger charge is -2.25. The molecule has 118 valence electrons. The summed E-state index contributed by atoms with van der Waals surface area (Å²) >= 11 is 0. The predicted molar refractivity (Wildman–Crippen MR) is 85.8 cm³/mol. The highest BCUT2D eigenvalue weighted by atomic mass is 16.2. The second-order valence-corrected chi connectivity index (χ2v) is 6.34. The minimum absolute atomic E-state index is 0.0163. The monoisotopic (exact) mass is 292 g/mol. The Bertz CT molecular complexity index is 418. The van der Waals surface area contributed by atoms with Crippen molar-refractivity contribution in [3.8, 4) is 0 Å². The first kappa shape index (κ1) is 17.7. The fraction of sp³-hybridized carbons (Fsp3) is 0.588. The third-order valence-electron chi connectivity index (χ3n) is 3.68. The lowest BCUT2D eigenvalue weighted by molar-refractivity contribution is -0.122. The Morgan fingerprint density at radius 1 is 1.33 bits per heavy atom. The van der Waals surface area contributed by atoms with Gasteiger partial charge in [0.25, 0.3) is 0 Å². The number of rotatable bonds is 9. The molecule has 0 spiro atoms. The summed E-state index contributed by atoms with van der Waals surface area (Å²) in [5.74, 6) is -0.0944. The van der Waals surface area contributed by atoms with E-state index in [2.05, 4.69) is 19.2 Å². The van der Waals surface area contributed by atoms with Crippen LogP contribution in [-0.2, 0) is 11.2 Å². The van der Waals surface area contributed by atoms with Crippen molar-refractivity contribution in [1.82, 2.24) is 5.32 Å². The minimum atomic E-state index is -0.473. The molecule has 0 radical (unpaired) electrons. The Balaban J connectivity index is 2.31. The number of aliphatic hydroxyl groups is 1. The van der Waals surface area contributed by atoms with Crippen molar-refractivity contribution in [2.45, 2.75) is 45.6 Å². The summed E-state index contributed by atoms with van der Waals surface area (Å²) in [6, 6.07) is 9.57. The molecule has 21 heavy (non-hydrogen) atoms. The van der Waals surface area contributed by atoms with Crippen LogP contribution in [0.2, 0.25) is 0 Å². The van der Waals surface area contributed by atoms with Gasteiger partial charge in [-0.05, 0) is 36.7 Å². The highest BCUT2D eigenvalue weighted by molar-refractivity contribution is 5.81. The number of aliphatic hydroxyl groups excluding tert-OH is 1. The van der Waals surface area contributed by atoms with E-state index in [4.69, 9.17) is 10.8 Å². The van der Waals surface area contributed by atoms with E-state index >= 15 is 0 Å². The van der Waals surface area contributed by atoms with Crippen LogP contribution in [0.15, 0.2) is 30.3 Å². The molecule has 1 rings (SSSR count). The molecule has 0 unspecified atom stereocenters. The molecule has 0 aliphatic rings. The van der Waals surface area contributed by atoms with Crippen LogP contribution in [0, 0.1) is 5.41 Å². The van der Waals surface area contributed by atoms with Crippen LogP contribution in [0.3, 0.4) is 0 Å². The molecule has 0 aliphatic carbocycles. The number of carbonyl (C=O) groups is 1. The third kappa shape index (κ3) is 7.25. The van der Waals surface area contributed by atoms with E-state index in [1.165, 1.54) is 5.56 Å². The minimum Gasteiger partial charge on any atom is -0.396 e. The molecule has 0 aromatic heterocycles. The van der Waals surface area contributed by atoms with Crippen molar-refractivity contribution in [1.29, 1.82) is 0 Å². The molecule has 4 N–H and O–H groups in total. The van der Waals surface area contributed by atoms with Crippen LogP contribution in [0.25, 0.3) is 0 Å². The molecule has 0 aliphatic heterocycles. The molecule has 0 saturated heterocycles. The first-order chi connectivity index (χ1) is 9.94. The molecular weight excluding hydrogens is 264 g/mol. The average molecular weight is 292 g/mol. The first-order valence-corrected chi connectivity index (χ1v) is 7.63. The van der Waals surface area contributed by atoms with Crippen LogP contribution in [0.4, 0.5) is 0 Å². The molecule has 1 atom stereocenters. The van der Waals surface area contributed by atoms with Crippen LogP contribution < -0.4 is 11.1 Å². The number of amides is 1. The fourth-order valence-corrected chi connectivity index (χ4v) is 2.20. The highest BCUT2D eigenvalue weighted by Crippen LogP contribution is 2.20. The van der Waals surface area contributed by atoms with Crippen molar-refractivity contribution in [3.63, 3.8) is 0 Å². The number of hydrogen-bond acceptors (Lipinski definition) is 3. The van der Waals surface area contributed by atoms with Crippen molar-refractivity contribution < 1.29 is 9.90 Å². The Morgan fingerprint density at radius 2 is 2.00 bits per heavy atom. The van der Waals surface area contributed by atoms with Gasteiger partial charge in [-0.25, -0.2) is 0 Å². The summed E-state index contributed by atoms with van der Waals surface area (Å²) in [6.45, 7) is 4.94. The van der Waals surface area contributed by atoms with Crippen molar-refractivity contribution >= 4 is 5.91 Å². The summed E-state index contributed by atoms with van der Waals surface area (Å²) in [5, 5.41) is 11.8. The van der Waals surface area contributed by atoms with Gasteiger partial charge in [-0.2, -0.15) is 0 Å². The van der Waals surface area contributed by atoms with Gasteiger partial charge in [0, 0.05) is 13.2 Å². The molecule has 4 nitrogen and oxygen atoms in total. The molecule has 0 fully saturated rings. The molecule has 4 heteroatoms. The molecule has 1 aromatic rings. The maximum absolute atomic E-state index is 12.0. The molecule has 0 bridgehead atoms. The number of aryl methyl sites for hydroxylation is 1. The van der Waals surface area contributed by atoms with Gasteiger partial charge < -0.3 is 16.2 Å². The van der Waals surface area contributed by atoms with Crippen LogP contribution in [0.5, 0.6) is 0 Å². The summed E-state index contributed by atoms with van der Waals surface area (Å²) in [6.07, 6.45) is 3.09. The number of nitrogens with one attached hydrogen (secondary N) is 1. The fourth-order valence-electron chi connectivity index (χ4n) is 2.20. The summed E-state index contributed by atoms with van der Waals surface area (Å²) in [7, 11) is 0. The number of hydrogen-bond donors (Lipinski definition) is 3. The average Bonchev–Trinajstić information content (AvgIpc) is 2.49. The largest absolute Gasteiger partial charge is 0.396 e. The summed E-state index contributed by atoms with van der Waals surface area (Å²) in [5.41, 5.74) is 7.12. The molecule has 1 amide bonds. The van der Waals surface area contributed by atoms with Gasteiger partial charge in [-0.1, -0.05) is 44.2 Å². The predicted octanol–water partition coefficient (Wildman–Crippen LogP) is 1.86. The topological polar surface area (TPSA) is 75.3 Å². The standard InChI is InChI=1S/C17H28N2O2/c1-17(2,11-6-12-20)13-19-16(21)15(18)10-9-14-7-4-3-5-8-14/h3-5,7-8,15,20H,6,9-13,18H2,1-2H3,(H,19,21)/t15-/m0/s1. The number of benzene rings is 1. The van der Waals surface area contributed by atoms with Crippen molar-refractivity contribution in [2.24, 2.45) is 11.1 Å². The van der Waals surface area contributed by atoms with E-state index in [0.717, 1.165) is 19.3 Å². The highest BCUT2D eigenvalue weighted by Gasteiger charge is 2.20. The van der Waals surface area contributed by atoms with Gasteiger partial charge in [0.15, 0.2) is 0 Å². The van der Waals surface area contributed by atoms with E-state index in [1.54, 1.807) is 0 Å². The second kappa shape index (κ2) is 8.80. The lowest BCUT2D eigenvalue weighted by Crippen LogP contribution is -2.44. The van der Waals surface area contributed by atoms with Gasteiger partial charge in [-0.3, -0.25) is 4.79 Å². The van der Waals surface area contributed by atoms with E-state index in [9.17, 15) is 4.79 Å². The van der Waals surface area contributed by atoms with E-state index in [1.807, 2.05) is 30.3 Å². The smallest absolute Gasteiger partial charge is 0.236 e. The van der Waals surface area contributed by atoms with Crippen LogP contribution in [-0.4, -0.2) is 30.2 Å². The zero-order valence-electron chi connectivity index (χ0n) is 13.1. The quantitative estimate of drug-likeness (QED) is 0.650. The first-order valence-electron chi connectivity index (χ1n) is 7.63. The SMILES string of the molecule is CC(C)(CCCO)CNC(=O)[C@@H](N)CCc1ccccc1. The number of carbonyl (C=O) groups excluding carboxylic acids is 1.